The lowest BCUT2D eigenvalue weighted by atomic mass is 10.0. The zero-order valence-corrected chi connectivity index (χ0v) is 10.9. The molecule has 0 heterocycles. The van der Waals surface area contributed by atoms with Gasteiger partial charge in [-0.2, -0.15) is 0 Å². The zero-order valence-electron chi connectivity index (χ0n) is 10.2. The molecule has 0 aliphatic heterocycles. The molecule has 94 valence electrons. The van der Waals surface area contributed by atoms with Crippen molar-refractivity contribution in [3.05, 3.63) is 34.6 Å². The molecule has 0 aromatic heterocycles. The fraction of sp³-hybridized carbons (Fsp3) is 0.571. The second-order valence-corrected chi connectivity index (χ2v) is 5.21. The fourth-order valence-corrected chi connectivity index (χ4v) is 2.46. The molecule has 1 atom stereocenters. The van der Waals surface area contributed by atoms with Crippen molar-refractivity contribution >= 4 is 11.6 Å². The van der Waals surface area contributed by atoms with Gasteiger partial charge < -0.3 is 5.32 Å². The van der Waals surface area contributed by atoms with Crippen LogP contribution in [0.4, 0.5) is 4.39 Å². The van der Waals surface area contributed by atoms with E-state index in [4.69, 9.17) is 11.6 Å². The van der Waals surface area contributed by atoms with Crippen molar-refractivity contribution < 1.29 is 4.39 Å². The monoisotopic (exact) mass is 255 g/mol. The average Bonchev–Trinajstić information content (AvgIpc) is 3.10. The summed E-state index contributed by atoms with van der Waals surface area (Å²) in [7, 11) is 0. The minimum Gasteiger partial charge on any atom is -0.314 e. The Labute approximate surface area is 107 Å². The van der Waals surface area contributed by atoms with Crippen LogP contribution >= 0.6 is 11.6 Å². The van der Waals surface area contributed by atoms with Crippen molar-refractivity contribution in [1.82, 2.24) is 5.32 Å². The quantitative estimate of drug-likeness (QED) is 0.815. The highest BCUT2D eigenvalue weighted by Gasteiger charge is 2.30. The molecule has 0 radical (unpaired) electrons. The van der Waals surface area contributed by atoms with Crippen LogP contribution in [0.3, 0.4) is 0 Å². The lowest BCUT2D eigenvalue weighted by Gasteiger charge is -2.17. The first-order valence-corrected chi connectivity index (χ1v) is 6.75. The number of rotatable bonds is 6. The van der Waals surface area contributed by atoms with E-state index in [-0.39, 0.29) is 5.82 Å². The Morgan fingerprint density at radius 3 is 2.82 bits per heavy atom. The molecule has 17 heavy (non-hydrogen) atoms. The molecular weight excluding hydrogens is 237 g/mol. The van der Waals surface area contributed by atoms with Gasteiger partial charge in [-0.15, -0.1) is 0 Å². The molecule has 1 aromatic rings. The van der Waals surface area contributed by atoms with Gasteiger partial charge in [0.1, 0.15) is 5.82 Å². The zero-order chi connectivity index (χ0) is 12.3. The van der Waals surface area contributed by atoms with E-state index in [0.717, 1.165) is 30.9 Å². The van der Waals surface area contributed by atoms with Crippen LogP contribution in [0.5, 0.6) is 0 Å². The molecule has 1 aliphatic rings. The molecule has 0 spiro atoms. The van der Waals surface area contributed by atoms with Gasteiger partial charge in [-0.3, -0.25) is 0 Å². The maximum absolute atomic E-state index is 13.6. The second kappa shape index (κ2) is 5.83. The van der Waals surface area contributed by atoms with E-state index in [1.165, 1.54) is 18.9 Å². The third-order valence-corrected chi connectivity index (χ3v) is 3.63. The van der Waals surface area contributed by atoms with Gasteiger partial charge in [0.2, 0.25) is 0 Å². The molecule has 1 unspecified atom stereocenters. The van der Waals surface area contributed by atoms with Gasteiger partial charge >= 0.3 is 0 Å². The summed E-state index contributed by atoms with van der Waals surface area (Å²) in [5, 5.41) is 3.97. The van der Waals surface area contributed by atoms with Crippen molar-refractivity contribution in [2.24, 2.45) is 5.92 Å². The van der Waals surface area contributed by atoms with Crippen LogP contribution in [0.1, 0.15) is 31.7 Å². The summed E-state index contributed by atoms with van der Waals surface area (Å²) in [4.78, 5) is 0. The summed E-state index contributed by atoms with van der Waals surface area (Å²) in [6, 6.07) is 5.51. The Morgan fingerprint density at radius 2 is 2.24 bits per heavy atom. The van der Waals surface area contributed by atoms with E-state index in [0.29, 0.717) is 11.1 Å². The molecule has 1 aromatic carbocycles. The third-order valence-electron chi connectivity index (χ3n) is 3.40. The summed E-state index contributed by atoms with van der Waals surface area (Å²) in [6.45, 7) is 3.11. The Morgan fingerprint density at radius 1 is 1.47 bits per heavy atom. The summed E-state index contributed by atoms with van der Waals surface area (Å²) in [5.74, 6) is 0.633. The SMILES string of the molecule is CCNC(CCc1ccc(Cl)cc1F)C1CC1. The average molecular weight is 256 g/mol. The minimum atomic E-state index is -0.177. The van der Waals surface area contributed by atoms with Crippen molar-refractivity contribution in [3.63, 3.8) is 0 Å². The first-order valence-electron chi connectivity index (χ1n) is 6.38. The Balaban J connectivity index is 1.91. The molecule has 1 aliphatic carbocycles. The molecule has 1 saturated carbocycles. The first-order chi connectivity index (χ1) is 8.20. The van der Waals surface area contributed by atoms with E-state index in [1.807, 2.05) is 0 Å². The standard InChI is InChI=1S/C14H19ClFN/c1-2-17-14(11-3-4-11)8-6-10-5-7-12(15)9-13(10)16/h5,7,9,11,14,17H,2-4,6,8H2,1H3. The number of hydrogen-bond donors (Lipinski definition) is 1. The normalized spacial score (nSPS) is 17.1. The maximum atomic E-state index is 13.6. The van der Waals surface area contributed by atoms with E-state index < -0.39 is 0 Å². The summed E-state index contributed by atoms with van der Waals surface area (Å²) < 4.78 is 13.6. The maximum Gasteiger partial charge on any atom is 0.127 e. The number of aryl methyl sites for hydroxylation is 1. The van der Waals surface area contributed by atoms with E-state index in [9.17, 15) is 4.39 Å². The van der Waals surface area contributed by atoms with Crippen molar-refractivity contribution in [2.75, 3.05) is 6.54 Å². The topological polar surface area (TPSA) is 12.0 Å². The summed E-state index contributed by atoms with van der Waals surface area (Å²) >= 11 is 5.74. The molecule has 0 bridgehead atoms. The number of halogens is 2. The highest BCUT2D eigenvalue weighted by atomic mass is 35.5. The lowest BCUT2D eigenvalue weighted by molar-refractivity contribution is 0.442. The van der Waals surface area contributed by atoms with Gasteiger partial charge in [-0.1, -0.05) is 24.6 Å². The van der Waals surface area contributed by atoms with Gasteiger partial charge in [-0.05, 0) is 55.8 Å². The van der Waals surface area contributed by atoms with Gasteiger partial charge in [0.25, 0.3) is 0 Å². The summed E-state index contributed by atoms with van der Waals surface area (Å²) in [5.41, 5.74) is 0.776. The highest BCUT2D eigenvalue weighted by molar-refractivity contribution is 6.30. The van der Waals surface area contributed by atoms with Crippen LogP contribution in [-0.4, -0.2) is 12.6 Å². The van der Waals surface area contributed by atoms with Crippen molar-refractivity contribution in [3.8, 4) is 0 Å². The van der Waals surface area contributed by atoms with Crippen LogP contribution in [0.2, 0.25) is 5.02 Å². The van der Waals surface area contributed by atoms with Crippen molar-refractivity contribution in [1.29, 1.82) is 0 Å². The van der Waals surface area contributed by atoms with Crippen LogP contribution < -0.4 is 5.32 Å². The number of hydrogen-bond acceptors (Lipinski definition) is 1. The Hall–Kier alpha value is -0.600. The minimum absolute atomic E-state index is 0.177. The largest absolute Gasteiger partial charge is 0.314 e. The molecule has 1 N–H and O–H groups in total. The van der Waals surface area contributed by atoms with Gasteiger partial charge in [0, 0.05) is 11.1 Å². The van der Waals surface area contributed by atoms with Crippen LogP contribution in [0.25, 0.3) is 0 Å². The number of nitrogens with one attached hydrogen (secondary N) is 1. The first kappa shape index (κ1) is 12.8. The second-order valence-electron chi connectivity index (χ2n) is 4.78. The highest BCUT2D eigenvalue weighted by Crippen LogP contribution is 2.34. The molecule has 2 rings (SSSR count). The fourth-order valence-electron chi connectivity index (χ4n) is 2.30. The van der Waals surface area contributed by atoms with Crippen LogP contribution in [-0.2, 0) is 6.42 Å². The Bertz CT molecular complexity index is 376. The molecule has 0 amide bonds. The molecular formula is C14H19ClFN. The van der Waals surface area contributed by atoms with Crippen LogP contribution in [0, 0.1) is 11.7 Å². The van der Waals surface area contributed by atoms with E-state index >= 15 is 0 Å². The molecule has 1 fully saturated rings. The van der Waals surface area contributed by atoms with Gasteiger partial charge in [-0.25, -0.2) is 4.39 Å². The van der Waals surface area contributed by atoms with Gasteiger partial charge in [0.05, 0.1) is 0 Å². The molecule has 0 saturated heterocycles. The lowest BCUT2D eigenvalue weighted by Crippen LogP contribution is -2.31. The third kappa shape index (κ3) is 3.68. The molecule has 1 nitrogen and oxygen atoms in total. The predicted octanol–water partition coefficient (Wildman–Crippen LogP) is 3.80. The predicted molar refractivity (Wildman–Crippen MR) is 69.9 cm³/mol. The number of benzene rings is 1. The Kier molecular flexibility index (Phi) is 4.41. The van der Waals surface area contributed by atoms with Crippen LogP contribution in [0.15, 0.2) is 18.2 Å². The van der Waals surface area contributed by atoms with Gasteiger partial charge in [0.15, 0.2) is 0 Å². The van der Waals surface area contributed by atoms with E-state index in [2.05, 4.69) is 12.2 Å². The smallest absolute Gasteiger partial charge is 0.127 e. The molecule has 3 heteroatoms. The van der Waals surface area contributed by atoms with Crippen molar-refractivity contribution in [2.45, 2.75) is 38.6 Å². The summed E-state index contributed by atoms with van der Waals surface area (Å²) in [6.07, 6.45) is 4.44. The van der Waals surface area contributed by atoms with E-state index in [1.54, 1.807) is 12.1 Å².